The van der Waals surface area contributed by atoms with E-state index in [9.17, 15) is 4.79 Å². The lowest BCUT2D eigenvalue weighted by Crippen LogP contribution is -2.63. The van der Waals surface area contributed by atoms with Crippen LogP contribution in [0.2, 0.25) is 0 Å². The first kappa shape index (κ1) is 17.9. The average molecular weight is 358 g/mol. The van der Waals surface area contributed by atoms with Gasteiger partial charge in [-0.3, -0.25) is 9.69 Å². The minimum atomic E-state index is -0.103. The number of amides is 1. The molecule has 4 rings (SSSR count). The molecule has 3 aliphatic rings. The van der Waals surface area contributed by atoms with Crippen LogP contribution in [0.25, 0.3) is 0 Å². The molecular weight excluding hydrogens is 326 g/mol. The van der Waals surface area contributed by atoms with Crippen molar-refractivity contribution < 1.29 is 4.79 Å². The number of hydrogen-bond acceptors (Lipinski definition) is 5. The van der Waals surface area contributed by atoms with Crippen molar-refractivity contribution in [3.05, 3.63) is 24.3 Å². The summed E-state index contributed by atoms with van der Waals surface area (Å²) in [6.45, 7) is 4.82. The Balaban J connectivity index is 1.49. The van der Waals surface area contributed by atoms with Gasteiger partial charge in [0.05, 0.1) is 11.5 Å². The van der Waals surface area contributed by atoms with Crippen molar-refractivity contribution in [3.8, 4) is 0 Å². The highest BCUT2D eigenvalue weighted by Crippen LogP contribution is 2.48. The van der Waals surface area contributed by atoms with Gasteiger partial charge in [-0.1, -0.05) is 6.42 Å². The number of hydrogen-bond donors (Lipinski definition) is 0. The molecule has 26 heavy (non-hydrogen) atoms. The van der Waals surface area contributed by atoms with Crippen LogP contribution in [0.4, 0.5) is 0 Å². The van der Waals surface area contributed by atoms with Crippen molar-refractivity contribution in [1.82, 2.24) is 24.7 Å². The smallest absolute Gasteiger partial charge is 0.230 e. The molecule has 1 aromatic rings. The second-order valence-electron chi connectivity index (χ2n) is 8.70. The molecular formula is C20H31N5O. The van der Waals surface area contributed by atoms with Gasteiger partial charge in [-0.05, 0) is 52.8 Å². The predicted octanol–water partition coefficient (Wildman–Crippen LogP) is 1.94. The Morgan fingerprint density at radius 2 is 1.85 bits per heavy atom. The van der Waals surface area contributed by atoms with E-state index < -0.39 is 0 Å². The topological polar surface area (TPSA) is 52.6 Å². The van der Waals surface area contributed by atoms with Crippen molar-refractivity contribution in [3.63, 3.8) is 0 Å². The number of piperidine rings is 1. The molecule has 2 saturated heterocycles. The van der Waals surface area contributed by atoms with Crippen molar-refractivity contribution >= 4 is 5.91 Å². The number of carbonyl (C=O) groups is 1. The number of piperazine rings is 1. The van der Waals surface area contributed by atoms with Gasteiger partial charge in [-0.25, -0.2) is 9.97 Å². The zero-order valence-corrected chi connectivity index (χ0v) is 16.3. The monoisotopic (exact) mass is 357 g/mol. The number of nitrogens with zero attached hydrogens (tertiary/aromatic N) is 5. The summed E-state index contributed by atoms with van der Waals surface area (Å²) in [5.41, 5.74) is -0.103. The maximum atomic E-state index is 13.3. The summed E-state index contributed by atoms with van der Waals surface area (Å²) in [6.07, 6.45) is 9.34. The van der Waals surface area contributed by atoms with Gasteiger partial charge in [0, 0.05) is 44.1 Å². The normalized spacial score (nSPS) is 28.8. The first-order valence-electron chi connectivity index (χ1n) is 9.99. The zero-order chi connectivity index (χ0) is 18.3. The molecule has 0 spiro atoms. The minimum Gasteiger partial charge on any atom is -0.339 e. The summed E-state index contributed by atoms with van der Waals surface area (Å²) in [6, 6.07) is 2.94. The molecule has 3 unspecified atom stereocenters. The Hall–Kier alpha value is -1.53. The fraction of sp³-hybridized carbons (Fsp3) is 0.750. The Morgan fingerprint density at radius 3 is 2.38 bits per heavy atom. The van der Waals surface area contributed by atoms with Crippen LogP contribution in [-0.2, 0) is 4.79 Å². The molecule has 3 heterocycles. The standard InChI is InChI=1S/C20H31N5O/c1-15(18-21-10-5-11-22-18)25-16-6-4-7-17(25)13-24(12-16)19(26)20(8-9-20)14-23(2)3/h5,10-11,15-17H,4,6-9,12-14H2,1-3H3. The quantitative estimate of drug-likeness (QED) is 0.806. The van der Waals surface area contributed by atoms with Gasteiger partial charge in [0.15, 0.2) is 0 Å². The van der Waals surface area contributed by atoms with Crippen molar-refractivity contribution in [2.45, 2.75) is 57.2 Å². The number of rotatable bonds is 5. The third kappa shape index (κ3) is 3.25. The summed E-state index contributed by atoms with van der Waals surface area (Å²) in [7, 11) is 4.14. The third-order valence-corrected chi connectivity index (χ3v) is 6.40. The lowest BCUT2D eigenvalue weighted by Gasteiger charge is -2.52. The molecule has 0 aromatic carbocycles. The van der Waals surface area contributed by atoms with Crippen molar-refractivity contribution in [1.29, 1.82) is 0 Å². The van der Waals surface area contributed by atoms with Crippen LogP contribution in [0.15, 0.2) is 18.5 Å². The molecule has 2 aliphatic heterocycles. The molecule has 3 atom stereocenters. The lowest BCUT2D eigenvalue weighted by atomic mass is 9.88. The van der Waals surface area contributed by atoms with Crippen molar-refractivity contribution in [2.24, 2.45) is 5.41 Å². The molecule has 1 aliphatic carbocycles. The predicted molar refractivity (Wildman–Crippen MR) is 101 cm³/mol. The van der Waals surface area contributed by atoms with Gasteiger partial charge < -0.3 is 9.80 Å². The fourth-order valence-electron chi connectivity index (χ4n) is 5.13. The van der Waals surface area contributed by atoms with Gasteiger partial charge in [0.25, 0.3) is 0 Å². The molecule has 6 nitrogen and oxygen atoms in total. The molecule has 6 heteroatoms. The van der Waals surface area contributed by atoms with Crippen LogP contribution in [0, 0.1) is 5.41 Å². The molecule has 2 bridgehead atoms. The summed E-state index contributed by atoms with van der Waals surface area (Å²) in [4.78, 5) is 29.1. The summed E-state index contributed by atoms with van der Waals surface area (Å²) >= 11 is 0. The molecule has 142 valence electrons. The van der Waals surface area contributed by atoms with Crippen LogP contribution in [0.1, 0.15) is 50.9 Å². The second-order valence-corrected chi connectivity index (χ2v) is 8.70. The number of aromatic nitrogens is 2. The fourth-order valence-corrected chi connectivity index (χ4v) is 5.13. The van der Waals surface area contributed by atoms with E-state index in [1.54, 1.807) is 0 Å². The Kier molecular flexibility index (Phi) is 4.73. The molecule has 1 saturated carbocycles. The largest absolute Gasteiger partial charge is 0.339 e. The van der Waals surface area contributed by atoms with E-state index in [4.69, 9.17) is 0 Å². The van der Waals surface area contributed by atoms with E-state index in [1.165, 1.54) is 6.42 Å². The number of likely N-dealkylation sites (tertiary alicyclic amines) is 1. The third-order valence-electron chi connectivity index (χ3n) is 6.40. The minimum absolute atomic E-state index is 0.103. The molecule has 0 radical (unpaired) electrons. The van der Waals surface area contributed by atoms with E-state index in [-0.39, 0.29) is 11.5 Å². The molecule has 0 N–H and O–H groups in total. The van der Waals surface area contributed by atoms with Crippen LogP contribution in [0.3, 0.4) is 0 Å². The maximum Gasteiger partial charge on any atom is 0.230 e. The summed E-state index contributed by atoms with van der Waals surface area (Å²) in [5.74, 6) is 1.29. The first-order chi connectivity index (χ1) is 12.5. The van der Waals surface area contributed by atoms with Gasteiger partial charge >= 0.3 is 0 Å². The van der Waals surface area contributed by atoms with Crippen LogP contribution < -0.4 is 0 Å². The highest BCUT2D eigenvalue weighted by molar-refractivity contribution is 5.86. The van der Waals surface area contributed by atoms with E-state index in [0.29, 0.717) is 18.0 Å². The summed E-state index contributed by atoms with van der Waals surface area (Å²) in [5, 5.41) is 0. The van der Waals surface area contributed by atoms with Crippen LogP contribution >= 0.6 is 0 Å². The zero-order valence-electron chi connectivity index (χ0n) is 16.3. The SMILES string of the molecule is CC(c1ncccn1)N1C2CCCC1CN(C(=O)C1(CN(C)C)CC1)C2. The summed E-state index contributed by atoms with van der Waals surface area (Å²) < 4.78 is 0. The Bertz CT molecular complexity index is 631. The first-order valence-corrected chi connectivity index (χ1v) is 9.99. The van der Waals surface area contributed by atoms with Crippen LogP contribution in [-0.4, -0.2) is 76.4 Å². The van der Waals surface area contributed by atoms with Gasteiger partial charge in [0.1, 0.15) is 5.82 Å². The van der Waals surface area contributed by atoms with Gasteiger partial charge in [0.2, 0.25) is 5.91 Å². The highest BCUT2D eigenvalue weighted by atomic mass is 16.2. The average Bonchev–Trinajstić information content (AvgIpc) is 3.40. The molecule has 1 amide bonds. The van der Waals surface area contributed by atoms with Crippen molar-refractivity contribution in [2.75, 3.05) is 33.7 Å². The van der Waals surface area contributed by atoms with Crippen LogP contribution in [0.5, 0.6) is 0 Å². The van der Waals surface area contributed by atoms with Gasteiger partial charge in [-0.2, -0.15) is 0 Å². The van der Waals surface area contributed by atoms with E-state index in [2.05, 4.69) is 45.7 Å². The van der Waals surface area contributed by atoms with Gasteiger partial charge in [-0.15, -0.1) is 0 Å². The van der Waals surface area contributed by atoms with E-state index in [1.807, 2.05) is 18.5 Å². The van der Waals surface area contributed by atoms with E-state index in [0.717, 1.165) is 51.1 Å². The second kappa shape index (κ2) is 6.89. The molecule has 3 fully saturated rings. The Labute approximate surface area is 156 Å². The number of carbonyl (C=O) groups excluding carboxylic acids is 1. The molecule has 1 aromatic heterocycles. The highest BCUT2D eigenvalue weighted by Gasteiger charge is 2.53. The van der Waals surface area contributed by atoms with E-state index >= 15 is 0 Å². The maximum absolute atomic E-state index is 13.3. The lowest BCUT2D eigenvalue weighted by molar-refractivity contribution is -0.145. The Morgan fingerprint density at radius 1 is 1.23 bits per heavy atom. The number of fused-ring (bicyclic) bond motifs is 2.